The number of fused-ring (bicyclic) bond motifs is 3. The summed E-state index contributed by atoms with van der Waals surface area (Å²) >= 11 is 10.5. The van der Waals surface area contributed by atoms with Gasteiger partial charge < -0.3 is 60.2 Å². The third kappa shape index (κ3) is 20.7. The molecule has 6 fully saturated rings. The number of halogens is 6. The number of carboxylic acid groups (broad SMARTS) is 3. The lowest BCUT2D eigenvalue weighted by molar-refractivity contribution is -0.137. The monoisotopic (exact) mass is 1930 g/mol. The Morgan fingerprint density at radius 3 is 1.13 bits per heavy atom. The summed E-state index contributed by atoms with van der Waals surface area (Å²) in [5.74, 6) is -8.51. The molecule has 6 amide bonds. The summed E-state index contributed by atoms with van der Waals surface area (Å²) in [6.45, 7) is 8.21. The summed E-state index contributed by atoms with van der Waals surface area (Å²) in [7, 11) is 3.79. The van der Waals surface area contributed by atoms with E-state index in [1.807, 2.05) is 20.1 Å². The molecule has 0 aliphatic carbocycles. The molecule has 6 saturated heterocycles. The Balaban J connectivity index is 0.000000148. The number of aliphatic imine (C=N–C) groups is 3. The van der Waals surface area contributed by atoms with E-state index in [9.17, 15) is 65.1 Å². The maximum atomic E-state index is 14.7. The van der Waals surface area contributed by atoms with Crippen molar-refractivity contribution in [3.63, 3.8) is 0 Å². The van der Waals surface area contributed by atoms with Gasteiger partial charge in [0.05, 0.1) is 61.2 Å². The number of nitrogens with one attached hydrogen (secondary N) is 3. The number of hydrogen-bond donors (Lipinski definition) is 6. The Labute approximate surface area is 791 Å². The van der Waals surface area contributed by atoms with E-state index in [4.69, 9.17) is 51.1 Å². The lowest BCUT2D eigenvalue weighted by Gasteiger charge is -2.38. The van der Waals surface area contributed by atoms with Crippen molar-refractivity contribution in [2.45, 2.75) is 43.2 Å². The van der Waals surface area contributed by atoms with Crippen LogP contribution in [0.15, 0.2) is 223 Å². The Morgan fingerprint density at radius 2 is 0.787 bits per heavy atom. The van der Waals surface area contributed by atoms with Crippen LogP contribution in [0.5, 0.6) is 0 Å². The average molecular weight is 1930 g/mol. The molecule has 0 unspecified atom stereocenters. The fraction of sp³-hybridized carbons (Fsp3) is 0.266. The lowest BCUT2D eigenvalue weighted by atomic mass is 9.92. The van der Waals surface area contributed by atoms with E-state index in [2.05, 4.69) is 50.6 Å². The molecule has 136 heavy (non-hydrogen) atoms. The number of hydrogen-bond acceptors (Lipinski definition) is 27. The fourth-order valence-electron chi connectivity index (χ4n) is 17.5. The van der Waals surface area contributed by atoms with Gasteiger partial charge >= 0.3 is 53.9 Å². The van der Waals surface area contributed by atoms with Gasteiger partial charge in [-0.3, -0.25) is 44.4 Å². The highest BCUT2D eigenvalue weighted by molar-refractivity contribution is 7.12. The van der Waals surface area contributed by atoms with Crippen LogP contribution in [0.3, 0.4) is 0 Å². The maximum Gasteiger partial charge on any atom is 0.338 e. The van der Waals surface area contributed by atoms with Crippen LogP contribution in [0, 0.1) is 36.0 Å². The summed E-state index contributed by atoms with van der Waals surface area (Å²) in [6, 6.07) is 28.0. The number of urea groups is 3. The molecule has 6 aromatic carbocycles. The van der Waals surface area contributed by atoms with E-state index >= 15 is 0 Å². The first-order valence-electron chi connectivity index (χ1n) is 42.6. The van der Waals surface area contributed by atoms with Gasteiger partial charge in [-0.05, 0) is 119 Å². The minimum absolute atomic E-state index is 0.0407. The maximum absolute atomic E-state index is 14.7. The van der Waals surface area contributed by atoms with Crippen LogP contribution in [0.2, 0.25) is 5.02 Å². The van der Waals surface area contributed by atoms with Crippen molar-refractivity contribution in [3.8, 4) is 0 Å². The number of aliphatic carboxylic acids is 3. The predicted molar refractivity (Wildman–Crippen MR) is 498 cm³/mol. The zero-order valence-corrected chi connectivity index (χ0v) is 76.2. The second kappa shape index (κ2) is 41.6. The molecule has 6 N–H and O–H groups in total. The van der Waals surface area contributed by atoms with E-state index in [-0.39, 0.29) is 82.2 Å². The third-order valence-corrected chi connectivity index (χ3v) is 26.8. The number of aromatic nitrogens is 3. The highest BCUT2D eigenvalue weighted by Gasteiger charge is 2.47. The van der Waals surface area contributed by atoms with Crippen molar-refractivity contribution in [2.75, 3.05) is 134 Å². The van der Waals surface area contributed by atoms with Gasteiger partial charge in [-0.25, -0.2) is 80.1 Å². The van der Waals surface area contributed by atoms with Crippen LogP contribution < -0.4 is 30.7 Å². The second-order valence-electron chi connectivity index (χ2n) is 32.3. The van der Waals surface area contributed by atoms with Crippen LogP contribution >= 0.6 is 45.6 Å². The number of thiazole rings is 3. The molecule has 9 aliphatic rings. The van der Waals surface area contributed by atoms with E-state index < -0.39 is 83.0 Å². The Bertz CT molecular complexity index is 6450. The number of benzene rings is 6. The van der Waals surface area contributed by atoms with E-state index in [0.29, 0.717) is 174 Å². The Kier molecular flexibility index (Phi) is 28.9. The van der Waals surface area contributed by atoms with Crippen LogP contribution in [0.4, 0.5) is 53.4 Å². The number of rotatable bonds is 24. The van der Waals surface area contributed by atoms with Gasteiger partial charge in [0.25, 0.3) is 0 Å². The minimum Gasteiger partial charge on any atom is -0.478 e. The fourth-order valence-corrected chi connectivity index (χ4v) is 19.5. The molecule has 12 heterocycles. The predicted octanol–water partition coefficient (Wildman–Crippen LogP) is 11.8. The van der Waals surface area contributed by atoms with Crippen LogP contribution in [-0.4, -0.2) is 269 Å². The summed E-state index contributed by atoms with van der Waals surface area (Å²) < 4.78 is 87.0. The molecule has 18 rings (SSSR count). The van der Waals surface area contributed by atoms with Gasteiger partial charge in [0.2, 0.25) is 0 Å². The van der Waals surface area contributed by atoms with Gasteiger partial charge in [-0.15, -0.1) is 34.0 Å². The summed E-state index contributed by atoms with van der Waals surface area (Å²) in [5.41, 5.74) is 7.34. The van der Waals surface area contributed by atoms with Crippen LogP contribution in [-0.2, 0) is 43.0 Å². The number of carbonyl (C=O) groups is 9. The zero-order valence-electron chi connectivity index (χ0n) is 73.0. The highest BCUT2D eigenvalue weighted by atomic mass is 35.5. The van der Waals surface area contributed by atoms with Crippen molar-refractivity contribution in [1.82, 2.24) is 60.3 Å². The van der Waals surface area contributed by atoms with Crippen molar-refractivity contribution in [1.29, 1.82) is 0 Å². The van der Waals surface area contributed by atoms with E-state index in [0.717, 1.165) is 42.1 Å². The average Bonchev–Trinajstić information content (AvgIpc) is 0.976. The van der Waals surface area contributed by atoms with E-state index in [1.165, 1.54) is 105 Å². The summed E-state index contributed by atoms with van der Waals surface area (Å²) in [5, 5.41) is 43.4. The number of methoxy groups -OCH3 is 3. The molecule has 9 aliphatic heterocycles. The van der Waals surface area contributed by atoms with Crippen molar-refractivity contribution in [2.24, 2.45) is 15.0 Å². The molecule has 0 bridgehead atoms. The number of amides is 6. The smallest absolute Gasteiger partial charge is 0.338 e. The largest absolute Gasteiger partial charge is 0.478 e. The topological polar surface area (TPSA) is 383 Å². The van der Waals surface area contributed by atoms with Gasteiger partial charge in [-0.2, -0.15) is 0 Å². The molecule has 6 atom stereocenters. The lowest BCUT2D eigenvalue weighted by Crippen LogP contribution is -2.53. The molecule has 702 valence electrons. The first-order valence-corrected chi connectivity index (χ1v) is 45.6. The van der Waals surface area contributed by atoms with E-state index in [1.54, 1.807) is 123 Å². The molecule has 0 radical (unpaired) electrons. The number of carboxylic acids is 3. The Hall–Kier alpha value is -14.5. The molecule has 0 spiro atoms. The zero-order chi connectivity index (χ0) is 95.9. The molecule has 33 nitrogen and oxygen atoms in total. The number of nitrogens with zero attached hydrogens (tertiary/aromatic N) is 15. The third-order valence-electron chi connectivity index (χ3n) is 24.0. The number of carbonyl (C=O) groups excluding carboxylic acids is 6. The van der Waals surface area contributed by atoms with Crippen molar-refractivity contribution >= 4 is 152 Å². The number of piperazine rings is 3. The molecular formula is C94H86ClF5N18O15S3. The second-order valence-corrected chi connectivity index (χ2v) is 35.3. The number of ether oxygens (including phenoxy) is 3. The molecule has 9 aromatic rings. The molecule has 42 heteroatoms. The number of anilines is 3. The molecular weight excluding hydrogens is 1850 g/mol. The van der Waals surface area contributed by atoms with Gasteiger partial charge in [0.1, 0.15) is 23.9 Å². The van der Waals surface area contributed by atoms with Crippen molar-refractivity contribution in [3.05, 3.63) is 296 Å². The first-order chi connectivity index (χ1) is 65.6. The first kappa shape index (κ1) is 94.7. The Morgan fingerprint density at radius 1 is 0.434 bits per heavy atom. The minimum atomic E-state index is -1.05. The van der Waals surface area contributed by atoms with Gasteiger partial charge in [0, 0.05) is 191 Å². The number of esters is 3. The van der Waals surface area contributed by atoms with Crippen molar-refractivity contribution < 1.29 is 94.6 Å². The summed E-state index contributed by atoms with van der Waals surface area (Å²) in [6.07, 6.45) is 12.5. The van der Waals surface area contributed by atoms with Gasteiger partial charge in [0.15, 0.2) is 55.8 Å². The quantitative estimate of drug-likeness (QED) is 0.0142. The SMILES string of the molecule is COC(=O)C1=C(CN2CCN3C(=O)N(c4ccc(/C=C/C(=O)O)cc4)C[C@@H]3C2)NC(c2nccs2)=N[C@H]1c1ccc(F)c(F)c1.COC(=O)C1=C(CN2CCN3C(=O)N(c4ccc(/C=C/C(=O)O)cc4)C[C@@H]3C2)NC(c2nccs2)=N[C@H]1c1ccc(F)c(F)c1C.COC(=O)C1=C(CN2CCN3C(=O)N(c4ccc(/C=C/C(=O)O)cc4)C[C@@H]3C2)NC(c2nccs2)=N[C@H]1c1cccc(F)c1Cl. The summed E-state index contributed by atoms with van der Waals surface area (Å²) in [4.78, 5) is 157. The number of amidine groups is 3. The van der Waals surface area contributed by atoms with Gasteiger partial charge in [-0.1, -0.05) is 72.3 Å². The molecule has 0 saturated carbocycles. The standard InChI is InChI=1S/C32H30F2N6O5S.C31H28ClFN6O5S.C31H28F2N6O5S/c1-18-22(8-9-23(33)27(18)34)28-26(31(43)45-2)24(36-29(37-28)30-35-11-14-46-30)17-38-12-13-39-21(15-38)16-40(32(39)44)20-6-3-19(4-7-20)5-10-25(41)42;1-44-30(42)25-23(35-28(29-34-11-14-45-29)36-27(25)21-3-2-4-22(33)26(21)32)17-37-12-13-38-20(15-37)16-39(31(38)43)19-8-5-18(6-9-19)7-10-24(40)41;1-44-30(42)26-24(35-28(29-34-10-13-45-29)36-27(26)19-5-8-22(32)23(33)14-19)17-37-11-12-38-21(15-37)16-39(31(38)43)20-6-2-18(3-7-20)4-9-25(40)41/h3-11,14,21,28H,12-13,15-17H2,1-2H3,(H,36,37)(H,41,42);2-11,14,20,27H,12-13,15-17H2,1H3,(H,35,36)(H,40,41);2-10,13-14,21,27H,11-12,15-17H2,1H3,(H,35,36)(H,40,41)/b10-5+;10-7+;9-4+/t21-,28-;20-,27-;21-,27-/m000/s1. The van der Waals surface area contributed by atoms with Crippen LogP contribution in [0.25, 0.3) is 18.2 Å². The normalized spacial score (nSPS) is 20.3. The van der Waals surface area contributed by atoms with Crippen LogP contribution in [0.1, 0.15) is 72.1 Å². The highest BCUT2D eigenvalue weighted by Crippen LogP contribution is 2.42. The molecule has 3 aromatic heterocycles.